The van der Waals surface area contributed by atoms with Crippen LogP contribution in [0, 0.1) is 0 Å². The zero-order valence-electron chi connectivity index (χ0n) is 5.74. The second kappa shape index (κ2) is 4.76. The number of allylic oxidation sites excluding steroid dienone is 2. The van der Waals surface area contributed by atoms with Crippen molar-refractivity contribution in [3.8, 4) is 0 Å². The van der Waals surface area contributed by atoms with Crippen LogP contribution >= 0.6 is 0 Å². The highest BCUT2D eigenvalue weighted by molar-refractivity contribution is 5.81. The van der Waals surface area contributed by atoms with Crippen LogP contribution < -0.4 is 0 Å². The van der Waals surface area contributed by atoms with Crippen LogP contribution in [0.2, 0.25) is 0 Å². The summed E-state index contributed by atoms with van der Waals surface area (Å²) in [6, 6.07) is 0. The summed E-state index contributed by atoms with van der Waals surface area (Å²) in [5.74, 6) is -0.972. The molecular formula is C7H10O3. The molecule has 0 aliphatic heterocycles. The van der Waals surface area contributed by atoms with Gasteiger partial charge < -0.3 is 10.2 Å². The van der Waals surface area contributed by atoms with Crippen molar-refractivity contribution in [2.24, 2.45) is 0 Å². The predicted molar refractivity (Wildman–Crippen MR) is 37.6 cm³/mol. The molecule has 56 valence electrons. The van der Waals surface area contributed by atoms with Gasteiger partial charge in [0.25, 0.3) is 0 Å². The molecule has 10 heavy (non-hydrogen) atoms. The number of carboxylic acid groups (broad SMARTS) is 1. The molecule has 0 heterocycles. The monoisotopic (exact) mass is 142 g/mol. The normalized spacial score (nSPS) is 12.4. The van der Waals surface area contributed by atoms with Gasteiger partial charge in [-0.2, -0.15) is 0 Å². The summed E-state index contributed by atoms with van der Waals surface area (Å²) >= 11 is 0. The summed E-state index contributed by atoms with van der Waals surface area (Å²) < 4.78 is 0. The van der Waals surface area contributed by atoms with Gasteiger partial charge in [0.15, 0.2) is 0 Å². The van der Waals surface area contributed by atoms with E-state index in [0.29, 0.717) is 5.57 Å². The van der Waals surface area contributed by atoms with Gasteiger partial charge in [-0.1, -0.05) is 12.2 Å². The lowest BCUT2D eigenvalue weighted by molar-refractivity contribution is -0.131. The van der Waals surface area contributed by atoms with E-state index in [1.807, 2.05) is 0 Å². The summed E-state index contributed by atoms with van der Waals surface area (Å²) in [5.41, 5.74) is 0.613. The van der Waals surface area contributed by atoms with Gasteiger partial charge in [-0.25, -0.2) is 4.79 Å². The highest BCUT2D eigenvalue weighted by Crippen LogP contribution is 1.92. The fourth-order valence-electron chi connectivity index (χ4n) is 0.481. The van der Waals surface area contributed by atoms with Crippen molar-refractivity contribution in [3.05, 3.63) is 23.8 Å². The first kappa shape index (κ1) is 8.91. The van der Waals surface area contributed by atoms with E-state index in [4.69, 9.17) is 10.2 Å². The van der Waals surface area contributed by atoms with Crippen LogP contribution in [0.25, 0.3) is 0 Å². The van der Waals surface area contributed by atoms with Gasteiger partial charge in [-0.05, 0) is 12.5 Å². The van der Waals surface area contributed by atoms with Crippen LogP contribution in [0.1, 0.15) is 6.92 Å². The molecule has 0 bridgehead atoms. The number of carbonyl (C=O) groups is 1. The van der Waals surface area contributed by atoms with E-state index in [0.717, 1.165) is 6.08 Å². The second-order valence-corrected chi connectivity index (χ2v) is 1.81. The number of carboxylic acids is 1. The first-order valence-electron chi connectivity index (χ1n) is 2.85. The van der Waals surface area contributed by atoms with Crippen molar-refractivity contribution in [1.29, 1.82) is 0 Å². The quantitative estimate of drug-likeness (QED) is 0.447. The topological polar surface area (TPSA) is 57.5 Å². The van der Waals surface area contributed by atoms with E-state index in [1.165, 1.54) is 6.08 Å². The van der Waals surface area contributed by atoms with E-state index < -0.39 is 5.97 Å². The molecule has 0 aromatic carbocycles. The molecule has 0 fully saturated rings. The van der Waals surface area contributed by atoms with E-state index in [1.54, 1.807) is 13.0 Å². The Hall–Kier alpha value is -1.09. The highest BCUT2D eigenvalue weighted by Gasteiger charge is 1.87. The van der Waals surface area contributed by atoms with Gasteiger partial charge in [0.1, 0.15) is 0 Å². The zero-order chi connectivity index (χ0) is 7.98. The molecular weight excluding hydrogens is 132 g/mol. The van der Waals surface area contributed by atoms with Gasteiger partial charge in [-0.15, -0.1) is 0 Å². The summed E-state index contributed by atoms with van der Waals surface area (Å²) in [5, 5.41) is 16.5. The summed E-state index contributed by atoms with van der Waals surface area (Å²) in [6.07, 6.45) is 4.11. The minimum absolute atomic E-state index is 0.0647. The van der Waals surface area contributed by atoms with Gasteiger partial charge in [-0.3, -0.25) is 0 Å². The first-order valence-corrected chi connectivity index (χ1v) is 2.85. The van der Waals surface area contributed by atoms with Gasteiger partial charge in [0.2, 0.25) is 0 Å². The third kappa shape index (κ3) is 5.05. The van der Waals surface area contributed by atoms with Crippen molar-refractivity contribution < 1.29 is 15.0 Å². The predicted octanol–water partition coefficient (Wildman–Crippen LogP) is 0.566. The molecule has 2 N–H and O–H groups in total. The Morgan fingerprint density at radius 1 is 1.60 bits per heavy atom. The highest BCUT2D eigenvalue weighted by atomic mass is 16.4. The van der Waals surface area contributed by atoms with E-state index in [-0.39, 0.29) is 6.61 Å². The molecule has 0 radical (unpaired) electrons. The Morgan fingerprint density at radius 2 is 2.20 bits per heavy atom. The molecule has 0 amide bonds. The number of hydrogen-bond donors (Lipinski definition) is 2. The first-order chi connectivity index (χ1) is 4.66. The van der Waals surface area contributed by atoms with Crippen molar-refractivity contribution in [1.82, 2.24) is 0 Å². The number of aliphatic hydroxyl groups excluding tert-OH is 1. The molecule has 0 aliphatic rings. The van der Waals surface area contributed by atoms with Crippen LogP contribution in [-0.4, -0.2) is 22.8 Å². The Bertz CT molecular complexity index is 168. The molecule has 0 aliphatic carbocycles. The standard InChI is InChI=1S/C7H10O3/c1-6(3-2-4-8)5-7(9)10/h2-3,5,8H,4H2,1H3,(H,9,10)/b3-2+,6-5-. The molecule has 0 aromatic rings. The lowest BCUT2D eigenvalue weighted by Crippen LogP contribution is -1.88. The van der Waals surface area contributed by atoms with E-state index in [9.17, 15) is 4.79 Å². The van der Waals surface area contributed by atoms with Crippen molar-refractivity contribution in [3.63, 3.8) is 0 Å². The van der Waals surface area contributed by atoms with Gasteiger partial charge >= 0.3 is 5.97 Å². The molecule has 3 heteroatoms. The maximum atomic E-state index is 10.0. The van der Waals surface area contributed by atoms with Crippen LogP contribution in [-0.2, 0) is 4.79 Å². The smallest absolute Gasteiger partial charge is 0.328 e. The Balaban J connectivity index is 3.94. The second-order valence-electron chi connectivity index (χ2n) is 1.81. The summed E-state index contributed by atoms with van der Waals surface area (Å²) in [7, 11) is 0. The molecule has 0 spiro atoms. The van der Waals surface area contributed by atoms with Crippen LogP contribution in [0.15, 0.2) is 23.8 Å². The Labute approximate surface area is 59.3 Å². The lowest BCUT2D eigenvalue weighted by atomic mass is 10.2. The van der Waals surface area contributed by atoms with Crippen molar-refractivity contribution in [2.75, 3.05) is 6.61 Å². The number of aliphatic carboxylic acids is 1. The molecule has 0 unspecified atom stereocenters. The zero-order valence-corrected chi connectivity index (χ0v) is 5.74. The number of aliphatic hydroxyl groups is 1. The fourth-order valence-corrected chi connectivity index (χ4v) is 0.481. The third-order valence-electron chi connectivity index (χ3n) is 0.837. The Morgan fingerprint density at radius 3 is 2.60 bits per heavy atom. The Kier molecular flexibility index (Phi) is 4.24. The number of rotatable bonds is 3. The molecule has 3 nitrogen and oxygen atoms in total. The lowest BCUT2D eigenvalue weighted by Gasteiger charge is -1.86. The summed E-state index contributed by atoms with van der Waals surface area (Å²) in [6.45, 7) is 1.59. The van der Waals surface area contributed by atoms with Gasteiger partial charge in [0.05, 0.1) is 6.61 Å². The van der Waals surface area contributed by atoms with Crippen molar-refractivity contribution >= 4 is 5.97 Å². The molecule has 0 atom stereocenters. The molecule has 0 saturated heterocycles. The molecule has 0 rings (SSSR count). The SMILES string of the molecule is CC(=C/C(=O)O)/C=C/CO. The van der Waals surface area contributed by atoms with Crippen LogP contribution in [0.4, 0.5) is 0 Å². The fraction of sp³-hybridized carbons (Fsp3) is 0.286. The molecule has 0 aromatic heterocycles. The van der Waals surface area contributed by atoms with E-state index >= 15 is 0 Å². The van der Waals surface area contributed by atoms with E-state index in [2.05, 4.69) is 0 Å². The molecule has 0 saturated carbocycles. The maximum Gasteiger partial charge on any atom is 0.328 e. The largest absolute Gasteiger partial charge is 0.478 e. The van der Waals surface area contributed by atoms with Gasteiger partial charge in [0, 0.05) is 6.08 Å². The summed E-state index contributed by atoms with van der Waals surface area (Å²) in [4.78, 5) is 10.0. The van der Waals surface area contributed by atoms with Crippen LogP contribution in [0.3, 0.4) is 0 Å². The minimum Gasteiger partial charge on any atom is -0.478 e. The maximum absolute atomic E-state index is 10.0. The minimum atomic E-state index is -0.972. The average molecular weight is 142 g/mol. The third-order valence-corrected chi connectivity index (χ3v) is 0.837. The van der Waals surface area contributed by atoms with Crippen LogP contribution in [0.5, 0.6) is 0 Å². The average Bonchev–Trinajstić information content (AvgIpc) is 1.82. The number of hydrogen-bond acceptors (Lipinski definition) is 2. The van der Waals surface area contributed by atoms with Crippen molar-refractivity contribution in [2.45, 2.75) is 6.92 Å².